The summed E-state index contributed by atoms with van der Waals surface area (Å²) in [6.07, 6.45) is 4.73. The fourth-order valence-corrected chi connectivity index (χ4v) is 1.04. The second-order valence-corrected chi connectivity index (χ2v) is 4.61. The molecule has 4 heteroatoms. The first-order valence-electron chi connectivity index (χ1n) is 6.81. The van der Waals surface area contributed by atoms with Crippen LogP contribution in [0.15, 0.2) is 0 Å². The average Bonchev–Trinajstić information content (AvgIpc) is 2.29. The third-order valence-electron chi connectivity index (χ3n) is 2.24. The Labute approximate surface area is 111 Å². The minimum atomic E-state index is -0.682. The van der Waals surface area contributed by atoms with E-state index in [-0.39, 0.29) is 5.97 Å². The maximum Gasteiger partial charge on any atom is 0.305 e. The number of esters is 1. The monoisotopic (exact) mass is 260 g/mol. The van der Waals surface area contributed by atoms with Gasteiger partial charge < -0.3 is 9.84 Å². The van der Waals surface area contributed by atoms with Gasteiger partial charge in [-0.3, -0.25) is 9.59 Å². The lowest BCUT2D eigenvalue weighted by molar-refractivity contribution is -0.143. The van der Waals surface area contributed by atoms with Gasteiger partial charge in [-0.05, 0) is 18.8 Å². The van der Waals surface area contributed by atoms with Crippen LogP contribution in [0.25, 0.3) is 0 Å². The number of aliphatic carboxylic acids is 1. The van der Waals surface area contributed by atoms with Crippen LogP contribution in [0.5, 0.6) is 0 Å². The summed E-state index contributed by atoms with van der Waals surface area (Å²) < 4.78 is 4.86. The third-order valence-corrected chi connectivity index (χ3v) is 2.24. The fraction of sp³-hybridized carbons (Fsp3) is 0.857. The van der Waals surface area contributed by atoms with Crippen molar-refractivity contribution in [3.05, 3.63) is 0 Å². The summed E-state index contributed by atoms with van der Waals surface area (Å²) >= 11 is 0. The Morgan fingerprint density at radius 2 is 1.78 bits per heavy atom. The topological polar surface area (TPSA) is 63.6 Å². The summed E-state index contributed by atoms with van der Waals surface area (Å²) in [5.74, 6) is -0.163. The predicted octanol–water partition coefficient (Wildman–Crippen LogP) is 3.64. The molecule has 0 saturated carbocycles. The maximum atomic E-state index is 10.6. The Hall–Kier alpha value is -1.06. The first kappa shape index (κ1) is 19.3. The van der Waals surface area contributed by atoms with Gasteiger partial charge in [-0.2, -0.15) is 0 Å². The van der Waals surface area contributed by atoms with Crippen LogP contribution in [-0.4, -0.2) is 23.7 Å². The molecular weight excluding hydrogens is 232 g/mol. The van der Waals surface area contributed by atoms with E-state index in [1.54, 1.807) is 6.92 Å². The van der Waals surface area contributed by atoms with E-state index < -0.39 is 5.97 Å². The van der Waals surface area contributed by atoms with E-state index >= 15 is 0 Å². The average molecular weight is 260 g/mol. The molecule has 0 rings (SSSR count). The van der Waals surface area contributed by atoms with Crippen molar-refractivity contribution in [2.24, 2.45) is 5.92 Å². The van der Waals surface area contributed by atoms with Crippen molar-refractivity contribution in [3.8, 4) is 0 Å². The van der Waals surface area contributed by atoms with E-state index in [2.05, 4.69) is 20.8 Å². The Kier molecular flexibility index (Phi) is 15.0. The number of rotatable bonds is 8. The molecule has 0 bridgehead atoms. The molecule has 0 amide bonds. The Morgan fingerprint density at radius 1 is 1.17 bits per heavy atom. The highest BCUT2D eigenvalue weighted by molar-refractivity contribution is 5.68. The number of carboxylic acids is 1. The van der Waals surface area contributed by atoms with Crippen LogP contribution < -0.4 is 0 Å². The van der Waals surface area contributed by atoms with Crippen molar-refractivity contribution >= 4 is 11.9 Å². The van der Waals surface area contributed by atoms with E-state index in [0.717, 1.165) is 25.7 Å². The lowest BCUT2D eigenvalue weighted by Gasteiger charge is -2.04. The zero-order chi connectivity index (χ0) is 14.4. The van der Waals surface area contributed by atoms with Gasteiger partial charge in [-0.25, -0.2) is 0 Å². The molecule has 0 aromatic rings. The Morgan fingerprint density at radius 3 is 2.17 bits per heavy atom. The zero-order valence-corrected chi connectivity index (χ0v) is 12.2. The van der Waals surface area contributed by atoms with Crippen LogP contribution in [0.4, 0.5) is 0 Å². The molecule has 0 aromatic carbocycles. The Balaban J connectivity index is 0. The molecule has 1 N–H and O–H groups in total. The highest BCUT2D eigenvalue weighted by atomic mass is 16.5. The highest BCUT2D eigenvalue weighted by Crippen LogP contribution is 1.99. The first-order chi connectivity index (χ1) is 8.43. The first-order valence-corrected chi connectivity index (χ1v) is 6.81. The van der Waals surface area contributed by atoms with Crippen LogP contribution in [0.1, 0.15) is 66.2 Å². The molecule has 0 atom stereocenters. The Bertz CT molecular complexity index is 212. The summed E-state index contributed by atoms with van der Waals surface area (Å²) in [7, 11) is 0. The number of hydrogen-bond acceptors (Lipinski definition) is 3. The summed E-state index contributed by atoms with van der Waals surface area (Å²) in [4.78, 5) is 20.4. The number of carbonyl (C=O) groups excluding carboxylic acids is 1. The van der Waals surface area contributed by atoms with Gasteiger partial charge in [0.25, 0.3) is 0 Å². The summed E-state index contributed by atoms with van der Waals surface area (Å²) in [6, 6.07) is 0. The van der Waals surface area contributed by atoms with Crippen molar-refractivity contribution in [2.75, 3.05) is 6.61 Å². The SMILES string of the molecule is CCC(=O)OCCC(C)C.CCCCCC(=O)O. The summed E-state index contributed by atoms with van der Waals surface area (Å²) in [5.41, 5.74) is 0. The van der Waals surface area contributed by atoms with Gasteiger partial charge in [0, 0.05) is 12.8 Å². The minimum absolute atomic E-state index is 0.0966. The van der Waals surface area contributed by atoms with Crippen molar-refractivity contribution in [1.29, 1.82) is 0 Å². The van der Waals surface area contributed by atoms with Gasteiger partial charge in [0.1, 0.15) is 0 Å². The maximum absolute atomic E-state index is 10.6. The second kappa shape index (κ2) is 14.0. The van der Waals surface area contributed by atoms with Crippen LogP contribution >= 0.6 is 0 Å². The lowest BCUT2D eigenvalue weighted by atomic mass is 10.1. The van der Waals surface area contributed by atoms with Crippen molar-refractivity contribution < 1.29 is 19.4 Å². The molecule has 0 heterocycles. The normalized spacial score (nSPS) is 9.61. The number of carboxylic acid groups (broad SMARTS) is 1. The van der Waals surface area contributed by atoms with Crippen LogP contribution in [-0.2, 0) is 14.3 Å². The van der Waals surface area contributed by atoms with Gasteiger partial charge >= 0.3 is 11.9 Å². The molecule has 0 aliphatic carbocycles. The van der Waals surface area contributed by atoms with E-state index in [9.17, 15) is 9.59 Å². The molecule has 108 valence electrons. The highest BCUT2D eigenvalue weighted by Gasteiger charge is 1.98. The number of ether oxygens (including phenoxy) is 1. The number of unbranched alkanes of at least 4 members (excludes halogenated alkanes) is 2. The minimum Gasteiger partial charge on any atom is -0.481 e. The van der Waals surface area contributed by atoms with Gasteiger partial charge in [-0.15, -0.1) is 0 Å². The molecule has 0 fully saturated rings. The molecular formula is C14H28O4. The fourth-order valence-electron chi connectivity index (χ4n) is 1.04. The van der Waals surface area contributed by atoms with E-state index in [1.165, 1.54) is 0 Å². The summed E-state index contributed by atoms with van der Waals surface area (Å²) in [6.45, 7) is 8.66. The number of carbonyl (C=O) groups is 2. The second-order valence-electron chi connectivity index (χ2n) is 4.61. The lowest BCUT2D eigenvalue weighted by Crippen LogP contribution is -2.05. The zero-order valence-electron chi connectivity index (χ0n) is 12.2. The molecule has 0 spiro atoms. The van der Waals surface area contributed by atoms with Gasteiger partial charge in [-0.1, -0.05) is 40.5 Å². The van der Waals surface area contributed by atoms with E-state index in [0.29, 0.717) is 25.4 Å². The molecule has 0 radical (unpaired) electrons. The third kappa shape index (κ3) is 20.4. The van der Waals surface area contributed by atoms with Crippen LogP contribution in [0, 0.1) is 5.92 Å². The standard InChI is InChI=1S/C8H16O2.C6H12O2/c1-4-8(9)10-6-5-7(2)3;1-2-3-4-5-6(7)8/h7H,4-6H2,1-3H3;2-5H2,1H3,(H,7,8). The van der Waals surface area contributed by atoms with Gasteiger partial charge in [0.05, 0.1) is 6.61 Å². The molecule has 0 saturated heterocycles. The van der Waals surface area contributed by atoms with Crippen molar-refractivity contribution in [2.45, 2.75) is 66.2 Å². The number of hydrogen-bond donors (Lipinski definition) is 1. The predicted molar refractivity (Wildman–Crippen MR) is 72.5 cm³/mol. The van der Waals surface area contributed by atoms with Crippen LogP contribution in [0.3, 0.4) is 0 Å². The molecule has 18 heavy (non-hydrogen) atoms. The molecule has 0 aromatic heterocycles. The molecule has 0 aliphatic heterocycles. The van der Waals surface area contributed by atoms with Gasteiger partial charge in [0.15, 0.2) is 0 Å². The molecule has 0 unspecified atom stereocenters. The molecule has 4 nitrogen and oxygen atoms in total. The van der Waals surface area contributed by atoms with Crippen LogP contribution in [0.2, 0.25) is 0 Å². The van der Waals surface area contributed by atoms with E-state index in [4.69, 9.17) is 9.84 Å². The van der Waals surface area contributed by atoms with Crippen molar-refractivity contribution in [3.63, 3.8) is 0 Å². The smallest absolute Gasteiger partial charge is 0.305 e. The summed E-state index contributed by atoms with van der Waals surface area (Å²) in [5, 5.41) is 8.14. The quantitative estimate of drug-likeness (QED) is 0.534. The molecule has 0 aliphatic rings. The van der Waals surface area contributed by atoms with E-state index in [1.807, 2.05) is 0 Å². The van der Waals surface area contributed by atoms with Gasteiger partial charge in [0.2, 0.25) is 0 Å². The van der Waals surface area contributed by atoms with Crippen molar-refractivity contribution in [1.82, 2.24) is 0 Å². The largest absolute Gasteiger partial charge is 0.481 e.